The number of carbonyl (C=O) groups is 2. The van der Waals surface area contributed by atoms with Crippen LogP contribution in [0.3, 0.4) is 0 Å². The summed E-state index contributed by atoms with van der Waals surface area (Å²) in [5, 5.41) is 0. The molecule has 0 saturated heterocycles. The van der Waals surface area contributed by atoms with E-state index in [0.29, 0.717) is 0 Å². The Morgan fingerprint density at radius 2 is 1.08 bits per heavy atom. The first-order chi connectivity index (χ1) is 12.6. The Hall–Kier alpha value is -1.58. The summed E-state index contributed by atoms with van der Waals surface area (Å²) in [4.78, 5) is 23.6. The number of allylic oxidation sites excluding steroid dienone is 2. The van der Waals surface area contributed by atoms with E-state index in [1.807, 2.05) is 13.8 Å². The van der Waals surface area contributed by atoms with Crippen LogP contribution in [0.25, 0.3) is 0 Å². The number of rotatable bonds is 15. The average Bonchev–Trinajstić information content (AvgIpc) is 2.63. The van der Waals surface area contributed by atoms with Gasteiger partial charge in [0.1, 0.15) is 12.2 Å². The van der Waals surface area contributed by atoms with E-state index in [9.17, 15) is 9.59 Å². The van der Waals surface area contributed by atoms with E-state index >= 15 is 0 Å². The highest BCUT2D eigenvalue weighted by Crippen LogP contribution is 2.11. The monoisotopic (exact) mass is 366 g/mol. The molecule has 0 aliphatic carbocycles. The minimum Gasteiger partial charge on any atom is -0.459 e. The predicted molar refractivity (Wildman–Crippen MR) is 107 cm³/mol. The first-order valence-electron chi connectivity index (χ1n) is 10.3. The molecule has 150 valence electrons. The molecule has 0 rings (SSSR count). The molecule has 0 saturated carbocycles. The molecule has 0 radical (unpaired) electrons. The zero-order valence-corrected chi connectivity index (χ0v) is 17.2. The first-order valence-corrected chi connectivity index (χ1v) is 10.3. The van der Waals surface area contributed by atoms with Crippen LogP contribution in [0, 0.1) is 0 Å². The Morgan fingerprint density at radius 3 is 1.38 bits per heavy atom. The highest BCUT2D eigenvalue weighted by molar-refractivity contribution is 5.84. The minimum absolute atomic E-state index is 0.0268. The van der Waals surface area contributed by atoms with Crippen LogP contribution in [0.5, 0.6) is 0 Å². The third-order valence-electron chi connectivity index (χ3n) is 4.31. The highest BCUT2D eigenvalue weighted by atomic mass is 16.5. The van der Waals surface area contributed by atoms with Crippen molar-refractivity contribution in [2.24, 2.45) is 0 Å². The van der Waals surface area contributed by atoms with Crippen molar-refractivity contribution in [3.63, 3.8) is 0 Å². The maximum atomic E-state index is 11.8. The van der Waals surface area contributed by atoms with Gasteiger partial charge in [-0.15, -0.1) is 0 Å². The lowest BCUT2D eigenvalue weighted by molar-refractivity contribution is -0.144. The lowest BCUT2D eigenvalue weighted by Crippen LogP contribution is -2.16. The molecule has 0 aliphatic rings. The molecular formula is C22H38O4. The van der Waals surface area contributed by atoms with Gasteiger partial charge in [-0.25, -0.2) is 9.59 Å². The Labute approximate surface area is 160 Å². The van der Waals surface area contributed by atoms with E-state index in [0.717, 1.165) is 64.2 Å². The van der Waals surface area contributed by atoms with Gasteiger partial charge in [0.25, 0.3) is 0 Å². The van der Waals surface area contributed by atoms with Crippen molar-refractivity contribution in [2.75, 3.05) is 0 Å². The van der Waals surface area contributed by atoms with E-state index in [1.54, 1.807) is 0 Å². The summed E-state index contributed by atoms with van der Waals surface area (Å²) in [5.74, 6) is -0.727. The van der Waals surface area contributed by atoms with Gasteiger partial charge in [0.05, 0.1) is 0 Å². The third kappa shape index (κ3) is 13.7. The second-order valence-corrected chi connectivity index (χ2v) is 6.64. The number of carbonyl (C=O) groups excluding carboxylic acids is 2. The maximum Gasteiger partial charge on any atom is 0.331 e. The second-order valence-electron chi connectivity index (χ2n) is 6.64. The van der Waals surface area contributed by atoms with E-state index < -0.39 is 0 Å². The molecule has 0 aliphatic heterocycles. The minimum atomic E-state index is -0.364. The lowest BCUT2D eigenvalue weighted by atomic mass is 10.1. The molecule has 0 fully saturated rings. The largest absolute Gasteiger partial charge is 0.459 e. The van der Waals surface area contributed by atoms with E-state index in [1.165, 1.54) is 24.3 Å². The number of hydrogen-bond donors (Lipinski definition) is 0. The third-order valence-corrected chi connectivity index (χ3v) is 4.31. The molecule has 2 atom stereocenters. The van der Waals surface area contributed by atoms with Crippen LogP contribution in [0.1, 0.15) is 91.9 Å². The van der Waals surface area contributed by atoms with Crippen molar-refractivity contribution < 1.29 is 19.1 Å². The van der Waals surface area contributed by atoms with Crippen molar-refractivity contribution in [3.8, 4) is 0 Å². The van der Waals surface area contributed by atoms with Crippen LogP contribution in [0.15, 0.2) is 24.3 Å². The van der Waals surface area contributed by atoms with Gasteiger partial charge >= 0.3 is 11.9 Å². The zero-order chi connectivity index (χ0) is 19.6. The van der Waals surface area contributed by atoms with Crippen LogP contribution in [0.2, 0.25) is 0 Å². The van der Waals surface area contributed by atoms with Gasteiger partial charge in [-0.2, -0.15) is 0 Å². The van der Waals surface area contributed by atoms with E-state index in [-0.39, 0.29) is 24.1 Å². The van der Waals surface area contributed by atoms with Crippen LogP contribution >= 0.6 is 0 Å². The summed E-state index contributed by atoms with van der Waals surface area (Å²) in [6.45, 7) is 8.35. The molecule has 0 spiro atoms. The van der Waals surface area contributed by atoms with Gasteiger partial charge in [-0.3, -0.25) is 0 Å². The highest BCUT2D eigenvalue weighted by Gasteiger charge is 2.11. The summed E-state index contributed by atoms with van der Waals surface area (Å²) in [7, 11) is 0. The summed E-state index contributed by atoms with van der Waals surface area (Å²) in [6, 6.07) is 0. The van der Waals surface area contributed by atoms with E-state index in [4.69, 9.17) is 9.47 Å². The SMILES string of the molecule is CCCCCC(CC)OC(=O)/C=C/C=C/C(=O)OC(CC)CCCCC. The molecule has 0 amide bonds. The molecule has 0 heterocycles. The van der Waals surface area contributed by atoms with Crippen LogP contribution in [-0.2, 0) is 19.1 Å². The summed E-state index contributed by atoms with van der Waals surface area (Å²) in [6.07, 6.45) is 15.9. The van der Waals surface area contributed by atoms with Gasteiger partial charge in [0.15, 0.2) is 0 Å². The van der Waals surface area contributed by atoms with Crippen molar-refractivity contribution in [3.05, 3.63) is 24.3 Å². The molecule has 26 heavy (non-hydrogen) atoms. The molecule has 0 bridgehead atoms. The standard InChI is InChI=1S/C22H38O4/c1-5-9-11-15-19(7-3)25-21(23)17-13-14-18-22(24)26-20(8-4)16-12-10-6-2/h13-14,17-20H,5-12,15-16H2,1-4H3/b17-13+,18-14+. The van der Waals surface area contributed by atoms with E-state index in [2.05, 4.69) is 13.8 Å². The molecule has 2 unspecified atom stereocenters. The Bertz CT molecular complexity index is 386. The summed E-state index contributed by atoms with van der Waals surface area (Å²) in [5.41, 5.74) is 0. The average molecular weight is 367 g/mol. The van der Waals surface area contributed by atoms with Gasteiger partial charge < -0.3 is 9.47 Å². The smallest absolute Gasteiger partial charge is 0.331 e. The van der Waals surface area contributed by atoms with Crippen molar-refractivity contribution in [2.45, 2.75) is 104 Å². The van der Waals surface area contributed by atoms with Crippen molar-refractivity contribution in [1.29, 1.82) is 0 Å². The molecular weight excluding hydrogens is 328 g/mol. The number of unbranched alkanes of at least 4 members (excludes halogenated alkanes) is 4. The summed E-state index contributed by atoms with van der Waals surface area (Å²) >= 11 is 0. The summed E-state index contributed by atoms with van der Waals surface area (Å²) < 4.78 is 10.8. The van der Waals surface area contributed by atoms with Gasteiger partial charge in [0, 0.05) is 12.2 Å². The second kappa shape index (κ2) is 16.9. The molecule has 4 heteroatoms. The normalized spacial score (nSPS) is 13.8. The fourth-order valence-electron chi connectivity index (χ4n) is 2.61. The number of hydrogen-bond acceptors (Lipinski definition) is 4. The van der Waals surface area contributed by atoms with Gasteiger partial charge in [-0.1, -0.05) is 65.5 Å². The maximum absolute atomic E-state index is 11.8. The zero-order valence-electron chi connectivity index (χ0n) is 17.2. The quantitative estimate of drug-likeness (QED) is 0.157. The topological polar surface area (TPSA) is 52.6 Å². The predicted octanol–water partition coefficient (Wildman–Crippen LogP) is 5.90. The molecule has 4 nitrogen and oxygen atoms in total. The van der Waals surface area contributed by atoms with Crippen LogP contribution in [-0.4, -0.2) is 24.1 Å². The molecule has 0 aromatic carbocycles. The Morgan fingerprint density at radius 1 is 0.692 bits per heavy atom. The number of ether oxygens (including phenoxy) is 2. The van der Waals surface area contributed by atoms with Gasteiger partial charge in [-0.05, 0) is 38.5 Å². The molecule has 0 N–H and O–H groups in total. The molecule has 0 aromatic heterocycles. The van der Waals surface area contributed by atoms with Crippen LogP contribution in [0.4, 0.5) is 0 Å². The fraction of sp³-hybridized carbons (Fsp3) is 0.727. The van der Waals surface area contributed by atoms with Crippen molar-refractivity contribution in [1.82, 2.24) is 0 Å². The Balaban J connectivity index is 4.18. The molecule has 0 aromatic rings. The fourth-order valence-corrected chi connectivity index (χ4v) is 2.61. The van der Waals surface area contributed by atoms with Crippen molar-refractivity contribution >= 4 is 11.9 Å². The first kappa shape index (κ1) is 24.4. The number of esters is 2. The van der Waals surface area contributed by atoms with Crippen LogP contribution < -0.4 is 0 Å². The lowest BCUT2D eigenvalue weighted by Gasteiger charge is -2.14. The van der Waals surface area contributed by atoms with Gasteiger partial charge in [0.2, 0.25) is 0 Å². The Kier molecular flexibility index (Phi) is 15.8.